The highest BCUT2D eigenvalue weighted by atomic mass is 79.9. The smallest absolute Gasteiger partial charge is 0.338 e. The molecule has 3 aromatic rings. The fraction of sp³-hybridized carbons (Fsp3) is 0.267. The van der Waals surface area contributed by atoms with Gasteiger partial charge in [0.25, 0.3) is 5.91 Å². The fourth-order valence-electron chi connectivity index (χ4n) is 6.49. The van der Waals surface area contributed by atoms with Crippen molar-refractivity contribution >= 4 is 51.0 Å². The summed E-state index contributed by atoms with van der Waals surface area (Å²) in [7, 11) is 0. The number of benzene rings is 3. The van der Waals surface area contributed by atoms with Crippen LogP contribution in [0.25, 0.3) is 0 Å². The summed E-state index contributed by atoms with van der Waals surface area (Å²) >= 11 is 3.33. The van der Waals surface area contributed by atoms with Crippen molar-refractivity contribution in [1.29, 1.82) is 0 Å². The minimum Gasteiger partial charge on any atom is -0.452 e. The van der Waals surface area contributed by atoms with Gasteiger partial charge in [-0.25, -0.2) is 4.79 Å². The minimum atomic E-state index is -0.665. The molecule has 38 heavy (non-hydrogen) atoms. The van der Waals surface area contributed by atoms with Gasteiger partial charge in [-0.1, -0.05) is 46.3 Å². The maximum atomic E-state index is 13.5. The Morgan fingerprint density at radius 1 is 0.868 bits per heavy atom. The zero-order valence-electron chi connectivity index (χ0n) is 20.4. The van der Waals surface area contributed by atoms with E-state index in [4.69, 9.17) is 4.74 Å². The van der Waals surface area contributed by atoms with E-state index in [0.717, 1.165) is 17.3 Å². The van der Waals surface area contributed by atoms with Gasteiger partial charge in [-0.2, -0.15) is 0 Å². The molecule has 3 fully saturated rings. The molecule has 5 atom stereocenters. The van der Waals surface area contributed by atoms with Gasteiger partial charge in [-0.3, -0.25) is 19.3 Å². The summed E-state index contributed by atoms with van der Waals surface area (Å²) in [5.41, 5.74) is 2.51. The van der Waals surface area contributed by atoms with Crippen molar-refractivity contribution in [2.24, 2.45) is 23.7 Å². The molecule has 0 unspecified atom stereocenters. The molecule has 0 spiro atoms. The van der Waals surface area contributed by atoms with E-state index in [9.17, 15) is 19.2 Å². The Hall–Kier alpha value is -3.78. The zero-order chi connectivity index (χ0) is 26.4. The van der Waals surface area contributed by atoms with Gasteiger partial charge in [0.2, 0.25) is 11.8 Å². The number of imide groups is 1. The highest BCUT2D eigenvalue weighted by molar-refractivity contribution is 9.10. The van der Waals surface area contributed by atoms with Crippen molar-refractivity contribution in [1.82, 2.24) is 0 Å². The van der Waals surface area contributed by atoms with Crippen LogP contribution in [0.5, 0.6) is 0 Å². The first-order chi connectivity index (χ1) is 18.4. The summed E-state index contributed by atoms with van der Waals surface area (Å²) in [4.78, 5) is 52.7. The second-order valence-corrected chi connectivity index (χ2v) is 11.1. The lowest BCUT2D eigenvalue weighted by atomic mass is 9.73. The van der Waals surface area contributed by atoms with Crippen molar-refractivity contribution in [3.8, 4) is 0 Å². The number of carbonyl (C=O) groups is 4. The second kappa shape index (κ2) is 9.83. The molecule has 3 aliphatic rings. The lowest BCUT2D eigenvalue weighted by molar-refractivity contribution is -0.123. The molecule has 1 saturated heterocycles. The SMILES string of the molecule is O=C(COC(=O)c1ccc(N2C(=O)[C@@H]3[C@@H]4C[C@@H]([C@@H]3C2=O)[C@@H](c2ccccc2)C4)cc1)Nc1ccc(Br)cc1. The number of nitrogens with one attached hydrogen (secondary N) is 1. The van der Waals surface area contributed by atoms with E-state index in [0.29, 0.717) is 17.3 Å². The normalized spacial score (nSPS) is 25.4. The Morgan fingerprint density at radius 2 is 1.55 bits per heavy atom. The van der Waals surface area contributed by atoms with Gasteiger partial charge in [0.05, 0.1) is 23.1 Å². The molecule has 8 heteroatoms. The maximum Gasteiger partial charge on any atom is 0.338 e. The maximum absolute atomic E-state index is 13.5. The number of fused-ring (bicyclic) bond motifs is 5. The largest absolute Gasteiger partial charge is 0.452 e. The molecule has 1 N–H and O–H groups in total. The van der Waals surface area contributed by atoms with E-state index in [1.54, 1.807) is 36.4 Å². The van der Waals surface area contributed by atoms with E-state index in [-0.39, 0.29) is 41.0 Å². The molecule has 1 aliphatic heterocycles. The van der Waals surface area contributed by atoms with Crippen molar-refractivity contribution in [3.05, 3.63) is 94.5 Å². The van der Waals surface area contributed by atoms with Gasteiger partial charge >= 0.3 is 5.97 Å². The van der Waals surface area contributed by atoms with Crippen LogP contribution in [0.3, 0.4) is 0 Å². The van der Waals surface area contributed by atoms with Crippen molar-refractivity contribution in [3.63, 3.8) is 0 Å². The summed E-state index contributed by atoms with van der Waals surface area (Å²) in [6.45, 7) is -0.436. The Bertz CT molecular complexity index is 1410. The predicted octanol–water partition coefficient (Wildman–Crippen LogP) is 5.17. The van der Waals surface area contributed by atoms with Crippen LogP contribution >= 0.6 is 15.9 Å². The molecule has 2 saturated carbocycles. The van der Waals surface area contributed by atoms with Crippen LogP contribution in [-0.2, 0) is 19.1 Å². The van der Waals surface area contributed by atoms with Crippen LogP contribution < -0.4 is 10.2 Å². The van der Waals surface area contributed by atoms with Crippen molar-refractivity contribution in [2.45, 2.75) is 18.8 Å². The standard InChI is InChI=1S/C30H25BrN2O5/c31-20-8-10-21(11-9-20)32-25(34)16-38-30(37)18-6-12-22(13-7-18)33-28(35)26-19-14-23(17-4-2-1-3-5-17)24(15-19)27(26)29(33)36/h1-13,19,23-24,26-27H,14-16H2,(H,32,34)/t19-,23+,24+,26+,27-/m0/s1. The number of carbonyl (C=O) groups excluding carboxylic acids is 4. The van der Waals surface area contributed by atoms with Gasteiger partial charge in [-0.15, -0.1) is 0 Å². The number of anilines is 2. The molecule has 2 aliphatic carbocycles. The summed E-state index contributed by atoms with van der Waals surface area (Å²) < 4.78 is 6.02. The van der Waals surface area contributed by atoms with E-state index >= 15 is 0 Å². The Morgan fingerprint density at radius 3 is 2.26 bits per heavy atom. The van der Waals surface area contributed by atoms with Gasteiger partial charge < -0.3 is 10.1 Å². The highest BCUT2D eigenvalue weighted by Gasteiger charge is 2.64. The molecule has 0 radical (unpaired) electrons. The Labute approximate surface area is 228 Å². The quantitative estimate of drug-likeness (QED) is 0.325. The van der Waals surface area contributed by atoms with Crippen LogP contribution in [0.1, 0.15) is 34.7 Å². The summed E-state index contributed by atoms with van der Waals surface area (Å²) in [6.07, 6.45) is 1.85. The average molecular weight is 573 g/mol. The molecule has 192 valence electrons. The number of hydrogen-bond acceptors (Lipinski definition) is 5. The minimum absolute atomic E-state index is 0.140. The predicted molar refractivity (Wildman–Crippen MR) is 144 cm³/mol. The van der Waals surface area contributed by atoms with Crippen LogP contribution in [0, 0.1) is 23.7 Å². The molecule has 0 aromatic heterocycles. The average Bonchev–Trinajstić information content (AvgIpc) is 3.60. The lowest BCUT2D eigenvalue weighted by Crippen LogP contribution is -2.33. The first kappa shape index (κ1) is 24.6. The molecule has 3 amide bonds. The number of halogens is 1. The van der Waals surface area contributed by atoms with E-state index in [1.165, 1.54) is 22.6 Å². The molecule has 1 heterocycles. The monoisotopic (exact) mass is 572 g/mol. The summed E-state index contributed by atoms with van der Waals surface area (Å²) in [5.74, 6) is -1.27. The van der Waals surface area contributed by atoms with Crippen LogP contribution in [0.15, 0.2) is 83.3 Å². The number of rotatable bonds is 6. The van der Waals surface area contributed by atoms with Crippen molar-refractivity contribution in [2.75, 3.05) is 16.8 Å². The number of amides is 3. The molecule has 7 nitrogen and oxygen atoms in total. The van der Waals surface area contributed by atoms with Gasteiger partial charge in [-0.05, 0) is 84.7 Å². The summed E-state index contributed by atoms with van der Waals surface area (Å²) in [6, 6.07) is 23.5. The molecular formula is C30H25BrN2O5. The first-order valence-electron chi connectivity index (χ1n) is 12.7. The van der Waals surface area contributed by atoms with Gasteiger partial charge in [0, 0.05) is 10.2 Å². The van der Waals surface area contributed by atoms with Crippen LogP contribution in [0.2, 0.25) is 0 Å². The molecule has 6 rings (SSSR count). The number of ether oxygens (including phenoxy) is 1. The van der Waals surface area contributed by atoms with E-state index in [1.807, 2.05) is 18.2 Å². The third-order valence-electron chi connectivity index (χ3n) is 8.07. The molecule has 3 aromatic carbocycles. The van der Waals surface area contributed by atoms with Gasteiger partial charge in [0.15, 0.2) is 6.61 Å². The highest BCUT2D eigenvalue weighted by Crippen LogP contribution is 2.61. The Balaban J connectivity index is 1.10. The summed E-state index contributed by atoms with van der Waals surface area (Å²) in [5, 5.41) is 2.66. The van der Waals surface area contributed by atoms with Crippen LogP contribution in [0.4, 0.5) is 11.4 Å². The third kappa shape index (κ3) is 4.32. The van der Waals surface area contributed by atoms with Gasteiger partial charge in [0.1, 0.15) is 0 Å². The number of hydrogen-bond donors (Lipinski definition) is 1. The second-order valence-electron chi connectivity index (χ2n) is 10.2. The zero-order valence-corrected chi connectivity index (χ0v) is 22.0. The van der Waals surface area contributed by atoms with Crippen molar-refractivity contribution < 1.29 is 23.9 Å². The molecule has 2 bridgehead atoms. The number of esters is 1. The van der Waals surface area contributed by atoms with E-state index in [2.05, 4.69) is 33.4 Å². The third-order valence-corrected chi connectivity index (χ3v) is 8.60. The number of nitrogens with zero attached hydrogens (tertiary/aromatic N) is 1. The molecular weight excluding hydrogens is 548 g/mol. The topological polar surface area (TPSA) is 92.8 Å². The Kier molecular flexibility index (Phi) is 6.35. The fourth-order valence-corrected chi connectivity index (χ4v) is 6.75. The first-order valence-corrected chi connectivity index (χ1v) is 13.5. The lowest BCUT2D eigenvalue weighted by Gasteiger charge is -2.28. The van der Waals surface area contributed by atoms with E-state index < -0.39 is 18.5 Å². The van der Waals surface area contributed by atoms with Crippen LogP contribution in [-0.4, -0.2) is 30.3 Å².